The molecule has 3 nitrogen and oxygen atoms in total. The molecule has 0 aromatic heterocycles. The predicted octanol–water partition coefficient (Wildman–Crippen LogP) is 2.36. The summed E-state index contributed by atoms with van der Waals surface area (Å²) in [5.41, 5.74) is 2.53. The zero-order valence-electron chi connectivity index (χ0n) is 10.5. The lowest BCUT2D eigenvalue weighted by atomic mass is 9.88. The van der Waals surface area contributed by atoms with Crippen molar-refractivity contribution in [2.24, 2.45) is 0 Å². The van der Waals surface area contributed by atoms with E-state index in [0.717, 1.165) is 24.5 Å². The van der Waals surface area contributed by atoms with E-state index in [1.807, 2.05) is 0 Å². The van der Waals surface area contributed by atoms with Crippen molar-refractivity contribution in [3.05, 3.63) is 23.3 Å². The standard InChI is InChI=1S/C14H19NO2/c1-10-8-11(14(2)4-3-5-15-14)13-12(9-10)16-6-7-17-13/h8-9,15H,3-7H2,1-2H3. The molecule has 1 N–H and O–H groups in total. The van der Waals surface area contributed by atoms with E-state index in [4.69, 9.17) is 9.47 Å². The van der Waals surface area contributed by atoms with Gasteiger partial charge in [0.05, 0.1) is 0 Å². The topological polar surface area (TPSA) is 30.5 Å². The fourth-order valence-corrected chi connectivity index (χ4v) is 2.83. The Morgan fingerprint density at radius 2 is 2.06 bits per heavy atom. The third-order valence-electron chi connectivity index (χ3n) is 3.75. The molecular weight excluding hydrogens is 214 g/mol. The number of nitrogens with one attached hydrogen (secondary N) is 1. The zero-order chi connectivity index (χ0) is 11.9. The Morgan fingerprint density at radius 1 is 1.24 bits per heavy atom. The van der Waals surface area contributed by atoms with E-state index >= 15 is 0 Å². The van der Waals surface area contributed by atoms with Crippen molar-refractivity contribution >= 4 is 0 Å². The minimum atomic E-state index is 0.0385. The Balaban J connectivity index is 2.11. The molecule has 1 saturated heterocycles. The van der Waals surface area contributed by atoms with Crippen LogP contribution in [0.1, 0.15) is 30.9 Å². The number of rotatable bonds is 1. The van der Waals surface area contributed by atoms with Gasteiger partial charge in [0.2, 0.25) is 0 Å². The average molecular weight is 233 g/mol. The van der Waals surface area contributed by atoms with E-state index in [-0.39, 0.29) is 5.54 Å². The summed E-state index contributed by atoms with van der Waals surface area (Å²) in [7, 11) is 0. The van der Waals surface area contributed by atoms with Crippen LogP contribution < -0.4 is 14.8 Å². The largest absolute Gasteiger partial charge is 0.486 e. The summed E-state index contributed by atoms with van der Waals surface area (Å²) in [6, 6.07) is 4.29. The number of aryl methyl sites for hydroxylation is 1. The molecule has 0 radical (unpaired) electrons. The molecule has 3 rings (SSSR count). The van der Waals surface area contributed by atoms with E-state index in [1.165, 1.54) is 17.5 Å². The van der Waals surface area contributed by atoms with E-state index < -0.39 is 0 Å². The molecule has 2 aliphatic rings. The van der Waals surface area contributed by atoms with Gasteiger partial charge in [0.25, 0.3) is 0 Å². The van der Waals surface area contributed by atoms with E-state index in [1.54, 1.807) is 0 Å². The summed E-state index contributed by atoms with van der Waals surface area (Å²) in [4.78, 5) is 0. The van der Waals surface area contributed by atoms with Gasteiger partial charge in [0, 0.05) is 11.1 Å². The highest BCUT2D eigenvalue weighted by molar-refractivity contribution is 5.53. The summed E-state index contributed by atoms with van der Waals surface area (Å²) < 4.78 is 11.5. The molecule has 0 saturated carbocycles. The van der Waals surface area contributed by atoms with Gasteiger partial charge >= 0.3 is 0 Å². The first-order chi connectivity index (χ1) is 8.19. The van der Waals surface area contributed by atoms with Crippen LogP contribution in [0, 0.1) is 6.92 Å². The van der Waals surface area contributed by atoms with Crippen LogP contribution in [0.25, 0.3) is 0 Å². The summed E-state index contributed by atoms with van der Waals surface area (Å²) in [5, 5.41) is 3.59. The molecule has 0 aliphatic carbocycles. The quantitative estimate of drug-likeness (QED) is 0.807. The van der Waals surface area contributed by atoms with Gasteiger partial charge in [0.1, 0.15) is 13.2 Å². The molecular formula is C14H19NO2. The highest BCUT2D eigenvalue weighted by atomic mass is 16.6. The van der Waals surface area contributed by atoms with Crippen LogP contribution in [0.15, 0.2) is 12.1 Å². The normalized spacial score (nSPS) is 27.2. The molecule has 3 heteroatoms. The number of fused-ring (bicyclic) bond motifs is 1. The second-order valence-electron chi connectivity index (χ2n) is 5.20. The smallest absolute Gasteiger partial charge is 0.166 e. The third kappa shape index (κ3) is 1.78. The van der Waals surface area contributed by atoms with Crippen molar-refractivity contribution in [3.8, 4) is 11.5 Å². The van der Waals surface area contributed by atoms with Crippen molar-refractivity contribution in [1.29, 1.82) is 0 Å². The number of ether oxygens (including phenoxy) is 2. The van der Waals surface area contributed by atoms with Crippen molar-refractivity contribution in [1.82, 2.24) is 5.32 Å². The average Bonchev–Trinajstić information content (AvgIpc) is 2.76. The van der Waals surface area contributed by atoms with Gasteiger partial charge in [-0.2, -0.15) is 0 Å². The molecule has 0 bridgehead atoms. The van der Waals surface area contributed by atoms with Crippen LogP contribution >= 0.6 is 0 Å². The van der Waals surface area contributed by atoms with Crippen LogP contribution in [0.2, 0.25) is 0 Å². The van der Waals surface area contributed by atoms with Gasteiger partial charge in [-0.05, 0) is 44.9 Å². The second kappa shape index (κ2) is 3.91. The van der Waals surface area contributed by atoms with Gasteiger partial charge in [0.15, 0.2) is 11.5 Å². The predicted molar refractivity (Wildman–Crippen MR) is 66.8 cm³/mol. The second-order valence-corrected chi connectivity index (χ2v) is 5.20. The first-order valence-corrected chi connectivity index (χ1v) is 6.35. The Kier molecular flexibility index (Phi) is 2.51. The fourth-order valence-electron chi connectivity index (χ4n) is 2.83. The van der Waals surface area contributed by atoms with Gasteiger partial charge in [-0.25, -0.2) is 0 Å². The molecule has 92 valence electrons. The fraction of sp³-hybridized carbons (Fsp3) is 0.571. The van der Waals surface area contributed by atoms with Crippen LogP contribution in [0.5, 0.6) is 11.5 Å². The lowest BCUT2D eigenvalue weighted by Crippen LogP contribution is -2.34. The maximum absolute atomic E-state index is 5.82. The van der Waals surface area contributed by atoms with Crippen molar-refractivity contribution in [2.75, 3.05) is 19.8 Å². The number of hydrogen-bond acceptors (Lipinski definition) is 3. The summed E-state index contributed by atoms with van der Waals surface area (Å²) in [6.07, 6.45) is 2.38. The third-order valence-corrected chi connectivity index (χ3v) is 3.75. The molecule has 2 aliphatic heterocycles. The van der Waals surface area contributed by atoms with Crippen molar-refractivity contribution in [2.45, 2.75) is 32.2 Å². The summed E-state index contributed by atoms with van der Waals surface area (Å²) in [6.45, 7) is 6.76. The summed E-state index contributed by atoms with van der Waals surface area (Å²) >= 11 is 0. The molecule has 1 aromatic carbocycles. The zero-order valence-corrected chi connectivity index (χ0v) is 10.5. The summed E-state index contributed by atoms with van der Waals surface area (Å²) in [5.74, 6) is 1.85. The highest BCUT2D eigenvalue weighted by Crippen LogP contribution is 2.43. The molecule has 1 atom stereocenters. The number of hydrogen-bond donors (Lipinski definition) is 1. The Morgan fingerprint density at radius 3 is 2.82 bits per heavy atom. The lowest BCUT2D eigenvalue weighted by Gasteiger charge is -2.30. The minimum Gasteiger partial charge on any atom is -0.486 e. The molecule has 1 unspecified atom stereocenters. The lowest BCUT2D eigenvalue weighted by molar-refractivity contribution is 0.166. The number of benzene rings is 1. The molecule has 1 fully saturated rings. The van der Waals surface area contributed by atoms with Gasteiger partial charge in [-0.3, -0.25) is 0 Å². The first kappa shape index (κ1) is 10.9. The Labute approximate surface area is 102 Å². The highest BCUT2D eigenvalue weighted by Gasteiger charge is 2.35. The van der Waals surface area contributed by atoms with Gasteiger partial charge < -0.3 is 14.8 Å². The van der Waals surface area contributed by atoms with Crippen LogP contribution in [-0.4, -0.2) is 19.8 Å². The Bertz CT molecular complexity index is 436. The molecule has 2 heterocycles. The van der Waals surface area contributed by atoms with Crippen LogP contribution in [-0.2, 0) is 5.54 Å². The molecule has 0 spiro atoms. The first-order valence-electron chi connectivity index (χ1n) is 6.35. The minimum absolute atomic E-state index is 0.0385. The van der Waals surface area contributed by atoms with Crippen molar-refractivity contribution < 1.29 is 9.47 Å². The maximum Gasteiger partial charge on any atom is 0.166 e. The SMILES string of the molecule is Cc1cc2c(c(C3(C)CCCN3)c1)OCCO2. The van der Waals surface area contributed by atoms with Crippen LogP contribution in [0.3, 0.4) is 0 Å². The van der Waals surface area contributed by atoms with Gasteiger partial charge in [-0.15, -0.1) is 0 Å². The monoisotopic (exact) mass is 233 g/mol. The Hall–Kier alpha value is -1.22. The van der Waals surface area contributed by atoms with E-state index in [0.29, 0.717) is 13.2 Å². The molecule has 17 heavy (non-hydrogen) atoms. The van der Waals surface area contributed by atoms with Crippen LogP contribution in [0.4, 0.5) is 0 Å². The molecule has 1 aromatic rings. The van der Waals surface area contributed by atoms with E-state index in [9.17, 15) is 0 Å². The van der Waals surface area contributed by atoms with Crippen molar-refractivity contribution in [3.63, 3.8) is 0 Å². The van der Waals surface area contributed by atoms with E-state index in [2.05, 4.69) is 31.3 Å². The molecule has 0 amide bonds. The van der Waals surface area contributed by atoms with Gasteiger partial charge in [-0.1, -0.05) is 6.07 Å². The maximum atomic E-state index is 5.82.